The van der Waals surface area contributed by atoms with Gasteiger partial charge >= 0.3 is 0 Å². The predicted molar refractivity (Wildman–Crippen MR) is 106 cm³/mol. The second-order valence-corrected chi connectivity index (χ2v) is 6.24. The van der Waals surface area contributed by atoms with Gasteiger partial charge in [-0.25, -0.2) is 0 Å². The summed E-state index contributed by atoms with van der Waals surface area (Å²) >= 11 is 0. The second-order valence-electron chi connectivity index (χ2n) is 6.24. The van der Waals surface area contributed by atoms with Crippen molar-refractivity contribution in [3.8, 4) is 11.8 Å². The molecule has 0 radical (unpaired) electrons. The number of carboxylic acids is 1. The fourth-order valence-corrected chi connectivity index (χ4v) is 2.32. The summed E-state index contributed by atoms with van der Waals surface area (Å²) in [6.07, 6.45) is 0. The van der Waals surface area contributed by atoms with Crippen molar-refractivity contribution in [1.29, 1.82) is 0 Å². The molecule has 0 saturated heterocycles. The van der Waals surface area contributed by atoms with Gasteiger partial charge in [0.05, 0.1) is 5.97 Å². The number of hydrogen-bond acceptors (Lipinski definition) is 2. The number of rotatable bonds is 2. The third kappa shape index (κ3) is 6.47. The zero-order valence-electron chi connectivity index (χ0n) is 15.6. The van der Waals surface area contributed by atoms with Crippen LogP contribution in [0.5, 0.6) is 0 Å². The van der Waals surface area contributed by atoms with Crippen molar-refractivity contribution >= 4 is 5.97 Å². The molecular formula is C24H23NO2. The molecule has 136 valence electrons. The van der Waals surface area contributed by atoms with E-state index < -0.39 is 5.97 Å². The monoisotopic (exact) mass is 357 g/mol. The number of aromatic carboxylic acids is 1. The molecule has 3 aromatic carbocycles. The maximum absolute atomic E-state index is 10.6. The summed E-state index contributed by atoms with van der Waals surface area (Å²) in [5.41, 5.74) is 8.25. The lowest BCUT2D eigenvalue weighted by atomic mass is 10.1. The van der Waals surface area contributed by atoms with E-state index in [1.807, 2.05) is 49.4 Å². The van der Waals surface area contributed by atoms with Gasteiger partial charge in [-0.05, 0) is 43.2 Å². The van der Waals surface area contributed by atoms with Gasteiger partial charge in [0, 0.05) is 16.7 Å². The van der Waals surface area contributed by atoms with E-state index in [2.05, 4.69) is 36.6 Å². The summed E-state index contributed by atoms with van der Waals surface area (Å²) in [7, 11) is 0. The van der Waals surface area contributed by atoms with Crippen LogP contribution in [-0.4, -0.2) is 5.97 Å². The highest BCUT2D eigenvalue weighted by molar-refractivity contribution is 5.85. The second kappa shape index (κ2) is 9.96. The van der Waals surface area contributed by atoms with Crippen molar-refractivity contribution in [3.63, 3.8) is 0 Å². The minimum absolute atomic E-state index is 0.163. The first kappa shape index (κ1) is 20.0. The van der Waals surface area contributed by atoms with Crippen LogP contribution < -0.4 is 10.8 Å². The molecule has 0 aromatic heterocycles. The Bertz CT molecular complexity index is 933. The van der Waals surface area contributed by atoms with Crippen molar-refractivity contribution in [2.45, 2.75) is 19.9 Å². The molecule has 1 atom stereocenters. The molecule has 3 aromatic rings. The van der Waals surface area contributed by atoms with Gasteiger partial charge in [0.25, 0.3) is 0 Å². The molecule has 27 heavy (non-hydrogen) atoms. The van der Waals surface area contributed by atoms with Gasteiger partial charge in [-0.2, -0.15) is 0 Å². The Balaban J connectivity index is 0.000000244. The summed E-state index contributed by atoms with van der Waals surface area (Å²) in [6, 6.07) is 24.9. The number of carboxylic acid groups (broad SMARTS) is 1. The van der Waals surface area contributed by atoms with Crippen molar-refractivity contribution in [2.75, 3.05) is 0 Å². The Hall–Kier alpha value is -3.35. The maximum Gasteiger partial charge on any atom is 0.107 e. The highest BCUT2D eigenvalue weighted by Gasteiger charge is 1.97. The molecular weight excluding hydrogens is 334 g/mol. The molecule has 0 bridgehead atoms. The third-order valence-electron chi connectivity index (χ3n) is 3.98. The molecule has 0 spiro atoms. The van der Waals surface area contributed by atoms with Crippen LogP contribution in [0.1, 0.15) is 45.6 Å². The van der Waals surface area contributed by atoms with Crippen LogP contribution in [0.15, 0.2) is 78.9 Å². The van der Waals surface area contributed by atoms with Gasteiger partial charge in [-0.15, -0.1) is 0 Å². The number of carbonyl (C=O) groups is 1. The van der Waals surface area contributed by atoms with Crippen LogP contribution in [0.4, 0.5) is 0 Å². The Morgan fingerprint density at radius 1 is 0.889 bits per heavy atom. The van der Waals surface area contributed by atoms with Gasteiger partial charge in [-0.1, -0.05) is 72.5 Å². The zero-order chi connectivity index (χ0) is 19.6. The molecule has 0 amide bonds. The van der Waals surface area contributed by atoms with Crippen molar-refractivity contribution < 1.29 is 15.6 Å². The lowest BCUT2D eigenvalue weighted by Crippen LogP contribution is -2.51. The standard InChI is InChI=1S/C16H12O2.C8H11N/c1-12-4-2-3-5-14(12)9-6-13-7-10-15(11-8-13)16(17)18;1-7(9)8-5-3-2-4-6-8/h2-5,7-8,10-11H,1H3,(H,17,18);2-7H,9H2,1H3/t;7-/m.1/s1. The molecule has 0 aliphatic heterocycles. The van der Waals surface area contributed by atoms with Crippen LogP contribution in [-0.2, 0) is 0 Å². The van der Waals surface area contributed by atoms with Crippen LogP contribution in [0.25, 0.3) is 0 Å². The van der Waals surface area contributed by atoms with E-state index in [1.54, 1.807) is 12.1 Å². The molecule has 0 aliphatic carbocycles. The van der Waals surface area contributed by atoms with Gasteiger partial charge in [0.2, 0.25) is 0 Å². The van der Waals surface area contributed by atoms with Crippen molar-refractivity contribution in [2.24, 2.45) is 0 Å². The molecule has 0 aliphatic rings. The fraction of sp³-hybridized carbons (Fsp3) is 0.125. The number of aryl methyl sites for hydroxylation is 1. The van der Waals surface area contributed by atoms with E-state index in [4.69, 9.17) is 0 Å². The molecule has 3 N–H and O–H groups in total. The molecule has 0 saturated carbocycles. The minimum atomic E-state index is -1.17. The number of hydrogen-bond donors (Lipinski definition) is 1. The maximum atomic E-state index is 10.6. The Labute approximate surface area is 160 Å². The molecule has 0 fully saturated rings. The summed E-state index contributed by atoms with van der Waals surface area (Å²) < 4.78 is 0. The van der Waals surface area contributed by atoms with E-state index >= 15 is 0 Å². The first-order chi connectivity index (χ1) is 13.0. The van der Waals surface area contributed by atoms with E-state index in [1.165, 1.54) is 17.7 Å². The van der Waals surface area contributed by atoms with Crippen molar-refractivity contribution in [3.05, 3.63) is 107 Å². The van der Waals surface area contributed by atoms with Crippen LogP contribution in [0.3, 0.4) is 0 Å². The smallest absolute Gasteiger partial charge is 0.107 e. The highest BCUT2D eigenvalue weighted by atomic mass is 16.4. The molecule has 3 heteroatoms. The van der Waals surface area contributed by atoms with Crippen molar-refractivity contribution in [1.82, 2.24) is 0 Å². The minimum Gasteiger partial charge on any atom is -0.545 e. The summed E-state index contributed by atoms with van der Waals surface area (Å²) in [4.78, 5) is 10.6. The van der Waals surface area contributed by atoms with E-state index in [9.17, 15) is 9.90 Å². The lowest BCUT2D eigenvalue weighted by Gasteiger charge is -2.00. The predicted octanol–water partition coefficient (Wildman–Crippen LogP) is 2.75. The summed E-state index contributed by atoms with van der Waals surface area (Å²) in [5, 5.41) is 10.6. The highest BCUT2D eigenvalue weighted by Crippen LogP contribution is 2.07. The van der Waals surface area contributed by atoms with Crippen LogP contribution >= 0.6 is 0 Å². The normalized spacial score (nSPS) is 10.6. The van der Waals surface area contributed by atoms with Gasteiger partial charge in [-0.3, -0.25) is 0 Å². The van der Waals surface area contributed by atoms with Crippen LogP contribution in [0.2, 0.25) is 0 Å². The zero-order valence-corrected chi connectivity index (χ0v) is 15.6. The SMILES string of the molecule is C[C@@H]([NH3+])c1ccccc1.Cc1ccccc1C#Cc1ccc(C(=O)[O-])cc1. The summed E-state index contributed by atoms with van der Waals surface area (Å²) in [6.45, 7) is 4.10. The van der Waals surface area contributed by atoms with E-state index in [-0.39, 0.29) is 5.56 Å². The average Bonchev–Trinajstić information content (AvgIpc) is 2.69. The number of quaternary nitrogens is 1. The molecule has 3 rings (SSSR count). The largest absolute Gasteiger partial charge is 0.545 e. The molecule has 3 nitrogen and oxygen atoms in total. The topological polar surface area (TPSA) is 67.8 Å². The Morgan fingerprint density at radius 2 is 1.48 bits per heavy atom. The van der Waals surface area contributed by atoms with E-state index in [0.717, 1.165) is 16.7 Å². The van der Waals surface area contributed by atoms with E-state index in [0.29, 0.717) is 6.04 Å². The molecule has 0 heterocycles. The van der Waals surface area contributed by atoms with Crippen LogP contribution in [0, 0.1) is 18.8 Å². The van der Waals surface area contributed by atoms with Gasteiger partial charge < -0.3 is 15.6 Å². The number of benzene rings is 3. The average molecular weight is 357 g/mol. The number of carbonyl (C=O) groups excluding carboxylic acids is 1. The van der Waals surface area contributed by atoms with Gasteiger partial charge in [0.15, 0.2) is 0 Å². The summed E-state index contributed by atoms with van der Waals surface area (Å²) in [5.74, 6) is 4.90. The van der Waals surface area contributed by atoms with Gasteiger partial charge in [0.1, 0.15) is 6.04 Å². The quantitative estimate of drug-likeness (QED) is 0.717. The Kier molecular flexibility index (Phi) is 7.37. The first-order valence-corrected chi connectivity index (χ1v) is 8.74. The molecule has 0 unspecified atom stereocenters. The third-order valence-corrected chi connectivity index (χ3v) is 3.98. The fourth-order valence-electron chi connectivity index (χ4n) is 2.32. The lowest BCUT2D eigenvalue weighted by molar-refractivity contribution is -0.420. The Morgan fingerprint density at radius 3 is 2.00 bits per heavy atom. The first-order valence-electron chi connectivity index (χ1n) is 8.74.